The van der Waals surface area contributed by atoms with Crippen molar-refractivity contribution in [2.75, 3.05) is 24.7 Å². The van der Waals surface area contributed by atoms with E-state index >= 15 is 0 Å². The van der Waals surface area contributed by atoms with Gasteiger partial charge in [-0.3, -0.25) is 0 Å². The van der Waals surface area contributed by atoms with Crippen molar-refractivity contribution in [3.05, 3.63) is 28.8 Å². The number of piperidine rings is 1. The zero-order valence-corrected chi connectivity index (χ0v) is 14.2. The Balaban J connectivity index is 1.94. The topological polar surface area (TPSA) is 78.5 Å². The predicted octanol–water partition coefficient (Wildman–Crippen LogP) is 2.19. The minimum atomic E-state index is -3.22. The van der Waals surface area contributed by atoms with Crippen molar-refractivity contribution in [3.63, 3.8) is 0 Å². The van der Waals surface area contributed by atoms with Gasteiger partial charge in [0.15, 0.2) is 0 Å². The lowest BCUT2D eigenvalue weighted by Crippen LogP contribution is -2.50. The lowest BCUT2D eigenvalue weighted by Gasteiger charge is -2.31. The van der Waals surface area contributed by atoms with Crippen LogP contribution in [0, 0.1) is 6.92 Å². The first kappa shape index (κ1) is 17.1. The second-order valence-electron chi connectivity index (χ2n) is 5.52. The number of hydrogen-bond donors (Lipinski definition) is 2. The molecule has 0 aliphatic carbocycles. The maximum atomic E-state index is 12.1. The van der Waals surface area contributed by atoms with Gasteiger partial charge in [-0.25, -0.2) is 17.5 Å². The molecule has 1 aromatic carbocycles. The minimum Gasteiger partial charge on any atom is -0.334 e. The summed E-state index contributed by atoms with van der Waals surface area (Å²) in [6.45, 7) is 2.67. The van der Waals surface area contributed by atoms with E-state index in [0.29, 0.717) is 23.8 Å². The fourth-order valence-corrected chi connectivity index (χ4v) is 3.61. The molecular formula is C14H20ClN3O3S. The molecule has 0 bridgehead atoms. The predicted molar refractivity (Wildman–Crippen MR) is 87.8 cm³/mol. The van der Waals surface area contributed by atoms with E-state index in [2.05, 4.69) is 10.6 Å². The van der Waals surface area contributed by atoms with E-state index in [1.807, 2.05) is 6.92 Å². The number of urea groups is 1. The zero-order chi connectivity index (χ0) is 16.3. The average Bonchev–Trinajstić information content (AvgIpc) is 2.41. The first-order valence-corrected chi connectivity index (χ1v) is 9.27. The smallest absolute Gasteiger partial charge is 0.319 e. The quantitative estimate of drug-likeness (QED) is 0.881. The summed E-state index contributed by atoms with van der Waals surface area (Å²) in [6, 6.07) is 4.68. The van der Waals surface area contributed by atoms with Crippen molar-refractivity contribution < 1.29 is 13.2 Å². The van der Waals surface area contributed by atoms with Gasteiger partial charge in [0.1, 0.15) is 0 Å². The average molecular weight is 346 g/mol. The van der Waals surface area contributed by atoms with Gasteiger partial charge in [0.05, 0.1) is 6.26 Å². The molecule has 2 N–H and O–H groups in total. The van der Waals surface area contributed by atoms with E-state index in [0.717, 1.165) is 18.4 Å². The first-order chi connectivity index (χ1) is 10.3. The Morgan fingerprint density at radius 2 is 2.14 bits per heavy atom. The molecular weight excluding hydrogens is 326 g/mol. The summed E-state index contributed by atoms with van der Waals surface area (Å²) in [5.41, 5.74) is 1.54. The number of carbonyl (C=O) groups excluding carboxylic acids is 1. The van der Waals surface area contributed by atoms with Crippen LogP contribution in [0.2, 0.25) is 5.02 Å². The monoisotopic (exact) mass is 345 g/mol. The number of carbonyl (C=O) groups is 1. The standard InChI is InChI=1S/C14H20ClN3O3S/c1-10-8-11(15)5-6-13(10)17-14(19)16-12-4-3-7-18(9-12)22(2,20)21/h5-6,8,12H,3-4,7,9H2,1-2H3,(H2,16,17,19)/t12-/m0/s1. The van der Waals surface area contributed by atoms with Gasteiger partial charge < -0.3 is 10.6 Å². The first-order valence-electron chi connectivity index (χ1n) is 7.04. The number of sulfonamides is 1. The Kier molecular flexibility index (Phi) is 5.31. The number of anilines is 1. The second kappa shape index (κ2) is 6.85. The summed E-state index contributed by atoms with van der Waals surface area (Å²) in [5.74, 6) is 0. The fraction of sp³-hybridized carbons (Fsp3) is 0.500. The molecule has 22 heavy (non-hydrogen) atoms. The second-order valence-corrected chi connectivity index (χ2v) is 7.94. The van der Waals surface area contributed by atoms with Gasteiger partial charge >= 0.3 is 6.03 Å². The number of hydrogen-bond acceptors (Lipinski definition) is 3. The molecule has 1 heterocycles. The van der Waals surface area contributed by atoms with Crippen LogP contribution >= 0.6 is 11.6 Å². The highest BCUT2D eigenvalue weighted by Crippen LogP contribution is 2.19. The van der Waals surface area contributed by atoms with E-state index in [9.17, 15) is 13.2 Å². The third kappa shape index (κ3) is 4.59. The summed E-state index contributed by atoms with van der Waals surface area (Å²) < 4.78 is 24.5. The summed E-state index contributed by atoms with van der Waals surface area (Å²) in [6.07, 6.45) is 2.68. The van der Waals surface area contributed by atoms with Crippen LogP contribution in [0.3, 0.4) is 0 Å². The molecule has 2 rings (SSSR count). The number of amides is 2. The normalized spacial score (nSPS) is 19.7. The molecule has 122 valence electrons. The highest BCUT2D eigenvalue weighted by molar-refractivity contribution is 7.88. The number of aryl methyl sites for hydroxylation is 1. The third-order valence-electron chi connectivity index (χ3n) is 3.63. The SMILES string of the molecule is Cc1cc(Cl)ccc1NC(=O)N[C@H]1CCCN(S(C)(=O)=O)C1. The Labute approximate surface area is 135 Å². The van der Waals surface area contributed by atoms with Crippen LogP contribution in [0.15, 0.2) is 18.2 Å². The van der Waals surface area contributed by atoms with Gasteiger partial charge in [-0.05, 0) is 43.5 Å². The molecule has 2 amide bonds. The van der Waals surface area contributed by atoms with Crippen LogP contribution in [0.1, 0.15) is 18.4 Å². The van der Waals surface area contributed by atoms with Gasteiger partial charge in [0, 0.05) is 29.8 Å². The van der Waals surface area contributed by atoms with E-state index in [4.69, 9.17) is 11.6 Å². The van der Waals surface area contributed by atoms with Crippen molar-refractivity contribution >= 4 is 33.3 Å². The highest BCUT2D eigenvalue weighted by atomic mass is 35.5. The van der Waals surface area contributed by atoms with Crippen LogP contribution < -0.4 is 10.6 Å². The van der Waals surface area contributed by atoms with Crippen molar-refractivity contribution in [1.29, 1.82) is 0 Å². The Morgan fingerprint density at radius 3 is 2.77 bits per heavy atom. The largest absolute Gasteiger partial charge is 0.334 e. The number of rotatable bonds is 3. The Morgan fingerprint density at radius 1 is 1.41 bits per heavy atom. The molecule has 0 unspecified atom stereocenters. The number of halogens is 1. The molecule has 8 heteroatoms. The van der Waals surface area contributed by atoms with Gasteiger partial charge in [0.2, 0.25) is 10.0 Å². The number of nitrogens with zero attached hydrogens (tertiary/aromatic N) is 1. The molecule has 0 saturated carbocycles. The maximum absolute atomic E-state index is 12.1. The van der Waals surface area contributed by atoms with E-state index in [-0.39, 0.29) is 12.1 Å². The van der Waals surface area contributed by atoms with Crippen LogP contribution in [0.4, 0.5) is 10.5 Å². The van der Waals surface area contributed by atoms with E-state index in [1.165, 1.54) is 10.6 Å². The summed E-state index contributed by atoms with van der Waals surface area (Å²) >= 11 is 5.88. The van der Waals surface area contributed by atoms with Crippen LogP contribution in [-0.2, 0) is 10.0 Å². The Bertz CT molecular complexity index is 663. The van der Waals surface area contributed by atoms with Gasteiger partial charge in [-0.2, -0.15) is 0 Å². The number of nitrogens with one attached hydrogen (secondary N) is 2. The Hall–Kier alpha value is -1.31. The molecule has 0 aromatic heterocycles. The zero-order valence-electron chi connectivity index (χ0n) is 12.6. The van der Waals surface area contributed by atoms with E-state index < -0.39 is 10.0 Å². The minimum absolute atomic E-state index is 0.184. The molecule has 1 aliphatic rings. The highest BCUT2D eigenvalue weighted by Gasteiger charge is 2.26. The molecule has 1 fully saturated rings. The number of benzene rings is 1. The van der Waals surface area contributed by atoms with Gasteiger partial charge in [0.25, 0.3) is 0 Å². The van der Waals surface area contributed by atoms with E-state index in [1.54, 1.807) is 18.2 Å². The van der Waals surface area contributed by atoms with Gasteiger partial charge in [-0.1, -0.05) is 11.6 Å². The van der Waals surface area contributed by atoms with Crippen molar-refractivity contribution in [3.8, 4) is 0 Å². The van der Waals surface area contributed by atoms with Crippen LogP contribution in [0.5, 0.6) is 0 Å². The van der Waals surface area contributed by atoms with Gasteiger partial charge in [-0.15, -0.1) is 0 Å². The van der Waals surface area contributed by atoms with Crippen LogP contribution in [-0.4, -0.2) is 44.1 Å². The molecule has 0 spiro atoms. The molecule has 0 radical (unpaired) electrons. The molecule has 1 aliphatic heterocycles. The summed E-state index contributed by atoms with van der Waals surface area (Å²) in [5, 5.41) is 6.19. The molecule has 1 aromatic rings. The third-order valence-corrected chi connectivity index (χ3v) is 5.13. The van der Waals surface area contributed by atoms with Crippen LogP contribution in [0.25, 0.3) is 0 Å². The summed E-state index contributed by atoms with van der Waals surface area (Å²) in [7, 11) is -3.22. The van der Waals surface area contributed by atoms with Crippen molar-refractivity contribution in [1.82, 2.24) is 9.62 Å². The fourth-order valence-electron chi connectivity index (χ4n) is 2.47. The molecule has 6 nitrogen and oxygen atoms in total. The van der Waals surface area contributed by atoms with Crippen molar-refractivity contribution in [2.24, 2.45) is 0 Å². The van der Waals surface area contributed by atoms with Crippen molar-refractivity contribution in [2.45, 2.75) is 25.8 Å². The lowest BCUT2D eigenvalue weighted by molar-refractivity contribution is 0.236. The lowest BCUT2D eigenvalue weighted by atomic mass is 10.1. The molecule has 1 atom stereocenters. The summed E-state index contributed by atoms with van der Waals surface area (Å²) in [4.78, 5) is 12.1. The maximum Gasteiger partial charge on any atom is 0.319 e. The molecule has 1 saturated heterocycles.